The second-order valence-corrected chi connectivity index (χ2v) is 6.12. The summed E-state index contributed by atoms with van der Waals surface area (Å²) in [7, 11) is 1.54. The minimum absolute atomic E-state index is 0.0807. The van der Waals surface area contributed by atoms with Crippen molar-refractivity contribution in [3.05, 3.63) is 53.6 Å². The molecule has 0 atom stereocenters. The van der Waals surface area contributed by atoms with Gasteiger partial charge in [0, 0.05) is 11.1 Å². The molecule has 0 amide bonds. The van der Waals surface area contributed by atoms with Crippen LogP contribution in [0.3, 0.4) is 0 Å². The van der Waals surface area contributed by atoms with Gasteiger partial charge in [-0.1, -0.05) is 18.9 Å². The van der Waals surface area contributed by atoms with Gasteiger partial charge in [-0.25, -0.2) is 4.57 Å². The van der Waals surface area contributed by atoms with Gasteiger partial charge in [0.15, 0.2) is 5.82 Å². The number of rotatable bonds is 4. The van der Waals surface area contributed by atoms with Gasteiger partial charge in [0.25, 0.3) is 5.91 Å². The van der Waals surface area contributed by atoms with Crippen LogP contribution in [0.2, 0.25) is 0 Å². The van der Waals surface area contributed by atoms with E-state index in [1.54, 1.807) is 42.5 Å². The molecule has 0 aliphatic rings. The molecule has 0 saturated heterocycles. The fraction of sp³-hybridized carbons (Fsp3) is 0.211. The summed E-state index contributed by atoms with van der Waals surface area (Å²) in [5, 5.41) is 27.6. The summed E-state index contributed by atoms with van der Waals surface area (Å²) in [5.74, 6) is 0.599. The van der Waals surface area contributed by atoms with Crippen molar-refractivity contribution < 1.29 is 19.7 Å². The lowest BCUT2D eigenvalue weighted by atomic mass is 9.99. The highest BCUT2D eigenvalue weighted by Gasteiger charge is 2.22. The molecule has 0 bridgehead atoms. The van der Waals surface area contributed by atoms with Crippen molar-refractivity contribution in [3.8, 4) is 28.9 Å². The van der Waals surface area contributed by atoms with E-state index in [0.717, 1.165) is 4.57 Å². The first-order valence-electron chi connectivity index (χ1n) is 8.08. The fourth-order valence-electron chi connectivity index (χ4n) is 2.67. The Hall–Kier alpha value is -3.35. The van der Waals surface area contributed by atoms with Crippen LogP contribution >= 0.6 is 0 Å². The maximum absolute atomic E-state index is 12.8. The van der Waals surface area contributed by atoms with Gasteiger partial charge in [-0.2, -0.15) is 0 Å². The molecule has 0 aliphatic heterocycles. The lowest BCUT2D eigenvalue weighted by molar-refractivity contribution is 0.0952. The van der Waals surface area contributed by atoms with Crippen LogP contribution in [-0.2, 0) is 0 Å². The fourth-order valence-corrected chi connectivity index (χ4v) is 2.67. The van der Waals surface area contributed by atoms with Crippen molar-refractivity contribution in [3.63, 3.8) is 0 Å². The molecule has 26 heavy (non-hydrogen) atoms. The second kappa shape index (κ2) is 6.87. The van der Waals surface area contributed by atoms with E-state index in [-0.39, 0.29) is 17.5 Å². The van der Waals surface area contributed by atoms with Crippen molar-refractivity contribution in [2.24, 2.45) is 0 Å². The molecule has 3 aromatic rings. The van der Waals surface area contributed by atoms with E-state index >= 15 is 0 Å². The van der Waals surface area contributed by atoms with Gasteiger partial charge in [0.2, 0.25) is 0 Å². The molecular weight excluding hydrogens is 334 g/mol. The molecule has 1 aromatic heterocycles. The lowest BCUT2D eigenvalue weighted by Crippen LogP contribution is -2.13. The number of carbonyl (C=O) groups excluding carboxylic acids is 1. The number of phenolic OH excluding ortho intramolecular Hbond substituents is 1. The molecule has 3 rings (SSSR count). The molecule has 0 fully saturated rings. The van der Waals surface area contributed by atoms with Gasteiger partial charge in [0.1, 0.15) is 11.5 Å². The maximum Gasteiger partial charge on any atom is 0.322 e. The number of carbonyl (C=O) groups is 1. The number of benzene rings is 2. The monoisotopic (exact) mass is 353 g/mol. The second-order valence-electron chi connectivity index (χ2n) is 6.12. The third-order valence-corrected chi connectivity index (χ3v) is 4.09. The highest BCUT2D eigenvalue weighted by molar-refractivity contribution is 5.98. The summed E-state index contributed by atoms with van der Waals surface area (Å²) >= 11 is 0. The number of phenols is 1. The van der Waals surface area contributed by atoms with Crippen molar-refractivity contribution in [1.82, 2.24) is 14.8 Å². The molecule has 0 unspecified atom stereocenters. The lowest BCUT2D eigenvalue weighted by Gasteiger charge is -2.11. The van der Waals surface area contributed by atoms with Crippen LogP contribution in [0.5, 0.6) is 17.5 Å². The third-order valence-electron chi connectivity index (χ3n) is 4.09. The summed E-state index contributed by atoms with van der Waals surface area (Å²) in [6.45, 7) is 3.90. The zero-order valence-corrected chi connectivity index (χ0v) is 14.7. The molecule has 0 radical (unpaired) electrons. The van der Waals surface area contributed by atoms with Gasteiger partial charge in [-0.3, -0.25) is 4.79 Å². The quantitative estimate of drug-likeness (QED) is 0.748. The van der Waals surface area contributed by atoms with Crippen molar-refractivity contribution >= 4 is 5.91 Å². The Labute approximate surface area is 150 Å². The Morgan fingerprint density at radius 1 is 1.08 bits per heavy atom. The number of aromatic nitrogens is 3. The van der Waals surface area contributed by atoms with Gasteiger partial charge in [-0.05, 0) is 53.9 Å². The van der Waals surface area contributed by atoms with E-state index in [9.17, 15) is 15.0 Å². The zero-order valence-electron chi connectivity index (χ0n) is 14.7. The molecule has 2 aromatic carbocycles. The standard InChI is InChI=1S/C19H19N3O4/c1-11(2)15-10-13(6-9-16(15)23)17-20-21-19(25)22(17)18(24)12-4-7-14(26-3)8-5-12/h4-11,23H,1-3H3,(H,21,25). The van der Waals surface area contributed by atoms with Crippen molar-refractivity contribution in [2.45, 2.75) is 19.8 Å². The Morgan fingerprint density at radius 2 is 1.77 bits per heavy atom. The summed E-state index contributed by atoms with van der Waals surface area (Å²) in [6.07, 6.45) is 0. The first kappa shape index (κ1) is 17.5. The first-order valence-corrected chi connectivity index (χ1v) is 8.08. The van der Waals surface area contributed by atoms with Crippen LogP contribution in [0.15, 0.2) is 42.5 Å². The number of hydrogen-bond donors (Lipinski definition) is 2. The molecule has 134 valence electrons. The minimum Gasteiger partial charge on any atom is -0.508 e. The van der Waals surface area contributed by atoms with Crippen LogP contribution in [0.4, 0.5) is 0 Å². The van der Waals surface area contributed by atoms with Crippen LogP contribution in [0.25, 0.3) is 11.4 Å². The van der Waals surface area contributed by atoms with Gasteiger partial charge >= 0.3 is 6.01 Å². The SMILES string of the molecule is COc1ccc(C(=O)n2c(O)nnc2-c2ccc(O)c(C(C)C)c2)cc1. The molecule has 7 heteroatoms. The Morgan fingerprint density at radius 3 is 2.38 bits per heavy atom. The van der Waals surface area contributed by atoms with E-state index in [0.29, 0.717) is 22.4 Å². The largest absolute Gasteiger partial charge is 0.508 e. The van der Waals surface area contributed by atoms with Crippen LogP contribution in [0, 0.1) is 0 Å². The predicted molar refractivity (Wildman–Crippen MR) is 95.6 cm³/mol. The minimum atomic E-state index is -0.500. The summed E-state index contributed by atoms with van der Waals surface area (Å²) < 4.78 is 6.13. The van der Waals surface area contributed by atoms with E-state index < -0.39 is 11.9 Å². The van der Waals surface area contributed by atoms with E-state index in [1.165, 1.54) is 7.11 Å². The van der Waals surface area contributed by atoms with Crippen molar-refractivity contribution in [2.75, 3.05) is 7.11 Å². The first-order chi connectivity index (χ1) is 12.4. The van der Waals surface area contributed by atoms with Crippen LogP contribution < -0.4 is 4.74 Å². The van der Waals surface area contributed by atoms with E-state index in [2.05, 4.69) is 10.2 Å². The smallest absolute Gasteiger partial charge is 0.322 e. The Kier molecular flexibility index (Phi) is 4.62. The molecular formula is C19H19N3O4. The summed E-state index contributed by atoms with van der Waals surface area (Å²) in [5.41, 5.74) is 1.64. The van der Waals surface area contributed by atoms with Crippen LogP contribution in [-0.4, -0.2) is 38.0 Å². The average molecular weight is 353 g/mol. The number of aromatic hydroxyl groups is 2. The topological polar surface area (TPSA) is 97.5 Å². The highest BCUT2D eigenvalue weighted by atomic mass is 16.5. The Balaban J connectivity index is 2.06. The summed E-state index contributed by atoms with van der Waals surface area (Å²) in [6, 6.07) is 10.9. The number of nitrogens with zero attached hydrogens (tertiary/aromatic N) is 3. The number of hydrogen-bond acceptors (Lipinski definition) is 6. The normalized spacial score (nSPS) is 10.9. The number of methoxy groups -OCH3 is 1. The molecule has 2 N–H and O–H groups in total. The molecule has 0 saturated carbocycles. The summed E-state index contributed by atoms with van der Waals surface area (Å²) in [4.78, 5) is 12.8. The highest BCUT2D eigenvalue weighted by Crippen LogP contribution is 2.31. The Bertz CT molecular complexity index is 946. The van der Waals surface area contributed by atoms with Crippen LogP contribution in [0.1, 0.15) is 35.7 Å². The molecule has 7 nitrogen and oxygen atoms in total. The molecule has 0 spiro atoms. The van der Waals surface area contributed by atoms with Gasteiger partial charge in [-0.15, -0.1) is 5.10 Å². The third kappa shape index (κ3) is 3.11. The van der Waals surface area contributed by atoms with Crippen molar-refractivity contribution in [1.29, 1.82) is 0 Å². The van der Waals surface area contributed by atoms with E-state index in [1.807, 2.05) is 13.8 Å². The zero-order chi connectivity index (χ0) is 18.8. The average Bonchev–Trinajstić information content (AvgIpc) is 3.03. The molecule has 1 heterocycles. The number of ether oxygens (including phenoxy) is 1. The van der Waals surface area contributed by atoms with E-state index in [4.69, 9.17) is 4.74 Å². The molecule has 0 aliphatic carbocycles. The maximum atomic E-state index is 12.8. The van der Waals surface area contributed by atoms with Gasteiger partial charge < -0.3 is 14.9 Å². The van der Waals surface area contributed by atoms with Gasteiger partial charge in [0.05, 0.1) is 7.11 Å². The predicted octanol–water partition coefficient (Wildman–Crippen LogP) is 3.18.